The Hall–Kier alpha value is -1.63. The molecule has 136 valence electrons. The number of pyridine rings is 1. The van der Waals surface area contributed by atoms with Gasteiger partial charge in [-0.3, -0.25) is 4.98 Å². The number of benzene rings is 1. The van der Waals surface area contributed by atoms with Crippen molar-refractivity contribution in [2.75, 3.05) is 13.1 Å². The molecule has 0 saturated heterocycles. The molecule has 1 heterocycles. The van der Waals surface area contributed by atoms with Crippen LogP contribution in [0.4, 0.5) is 0 Å². The second-order valence-corrected chi connectivity index (χ2v) is 5.93. The Morgan fingerprint density at radius 3 is 2.48 bits per heavy atom. The topological polar surface area (TPSA) is 49.3 Å². The molecule has 0 saturated carbocycles. The molecule has 0 fully saturated rings. The maximum atomic E-state index is 4.70. The van der Waals surface area contributed by atoms with Gasteiger partial charge in [-0.15, -0.1) is 24.0 Å². The molecule has 2 N–H and O–H groups in total. The SMILES string of the molecule is CCCCNC(=NCc1ccc(C)cc1)NCCc1ccccn1.I. The molecule has 1 aromatic carbocycles. The van der Waals surface area contributed by atoms with Crippen LogP contribution in [0.1, 0.15) is 36.6 Å². The number of halogens is 1. The van der Waals surface area contributed by atoms with E-state index in [1.54, 1.807) is 0 Å². The molecule has 0 radical (unpaired) electrons. The third kappa shape index (κ3) is 8.86. The summed E-state index contributed by atoms with van der Waals surface area (Å²) >= 11 is 0. The van der Waals surface area contributed by atoms with E-state index in [1.807, 2.05) is 18.3 Å². The lowest BCUT2D eigenvalue weighted by molar-refractivity contribution is 0.720. The summed E-state index contributed by atoms with van der Waals surface area (Å²) in [6.45, 7) is 6.75. The van der Waals surface area contributed by atoms with Crippen LogP contribution in [0.2, 0.25) is 0 Å². The van der Waals surface area contributed by atoms with Crippen LogP contribution < -0.4 is 10.6 Å². The zero-order valence-electron chi connectivity index (χ0n) is 15.2. The minimum atomic E-state index is 0. The van der Waals surface area contributed by atoms with Crippen molar-refractivity contribution in [3.8, 4) is 0 Å². The van der Waals surface area contributed by atoms with E-state index in [-0.39, 0.29) is 24.0 Å². The van der Waals surface area contributed by atoms with Crippen LogP contribution in [-0.4, -0.2) is 24.0 Å². The second kappa shape index (κ2) is 12.7. The van der Waals surface area contributed by atoms with Crippen molar-refractivity contribution in [1.82, 2.24) is 15.6 Å². The molecule has 0 unspecified atom stereocenters. The van der Waals surface area contributed by atoms with Crippen LogP contribution >= 0.6 is 24.0 Å². The quantitative estimate of drug-likeness (QED) is 0.275. The van der Waals surface area contributed by atoms with Crippen LogP contribution in [0.5, 0.6) is 0 Å². The first-order chi connectivity index (χ1) is 11.8. The molecule has 0 aliphatic carbocycles. The van der Waals surface area contributed by atoms with Gasteiger partial charge in [-0.2, -0.15) is 0 Å². The van der Waals surface area contributed by atoms with E-state index in [2.05, 4.69) is 59.8 Å². The van der Waals surface area contributed by atoms with Crippen molar-refractivity contribution in [2.24, 2.45) is 4.99 Å². The summed E-state index contributed by atoms with van der Waals surface area (Å²) in [5.41, 5.74) is 3.59. The van der Waals surface area contributed by atoms with E-state index in [0.29, 0.717) is 6.54 Å². The number of hydrogen-bond acceptors (Lipinski definition) is 2. The number of aryl methyl sites for hydroxylation is 1. The van der Waals surface area contributed by atoms with Gasteiger partial charge >= 0.3 is 0 Å². The van der Waals surface area contributed by atoms with Crippen LogP contribution in [0, 0.1) is 6.92 Å². The highest BCUT2D eigenvalue weighted by Crippen LogP contribution is 2.04. The summed E-state index contributed by atoms with van der Waals surface area (Å²) in [6.07, 6.45) is 5.04. The number of aliphatic imine (C=N–C) groups is 1. The monoisotopic (exact) mass is 452 g/mol. The smallest absolute Gasteiger partial charge is 0.191 e. The van der Waals surface area contributed by atoms with Gasteiger partial charge in [0.05, 0.1) is 6.54 Å². The van der Waals surface area contributed by atoms with Gasteiger partial charge in [-0.1, -0.05) is 49.2 Å². The van der Waals surface area contributed by atoms with Crippen LogP contribution in [0.3, 0.4) is 0 Å². The Bertz CT molecular complexity index is 611. The van der Waals surface area contributed by atoms with Gasteiger partial charge in [-0.05, 0) is 31.0 Å². The number of aromatic nitrogens is 1. The number of hydrogen-bond donors (Lipinski definition) is 2. The lowest BCUT2D eigenvalue weighted by atomic mass is 10.1. The molecule has 0 atom stereocenters. The van der Waals surface area contributed by atoms with Crippen molar-refractivity contribution >= 4 is 29.9 Å². The fourth-order valence-electron chi connectivity index (χ4n) is 2.28. The summed E-state index contributed by atoms with van der Waals surface area (Å²) in [5, 5.41) is 6.81. The van der Waals surface area contributed by atoms with Crippen molar-refractivity contribution in [2.45, 2.75) is 39.7 Å². The van der Waals surface area contributed by atoms with Crippen LogP contribution in [-0.2, 0) is 13.0 Å². The predicted octanol–water partition coefficient (Wildman–Crippen LogP) is 4.09. The van der Waals surface area contributed by atoms with Crippen LogP contribution in [0.15, 0.2) is 53.7 Å². The fourth-order valence-corrected chi connectivity index (χ4v) is 2.28. The highest BCUT2D eigenvalue weighted by Gasteiger charge is 2.00. The normalized spacial score (nSPS) is 10.9. The maximum absolute atomic E-state index is 4.70. The molecule has 0 aliphatic heterocycles. The van der Waals surface area contributed by atoms with Gasteiger partial charge in [0, 0.05) is 31.4 Å². The first-order valence-corrected chi connectivity index (χ1v) is 8.75. The second-order valence-electron chi connectivity index (χ2n) is 5.93. The zero-order valence-corrected chi connectivity index (χ0v) is 17.5. The van der Waals surface area contributed by atoms with Gasteiger partial charge in [0.2, 0.25) is 0 Å². The molecule has 25 heavy (non-hydrogen) atoms. The molecule has 2 aromatic rings. The van der Waals surface area contributed by atoms with Crippen molar-refractivity contribution < 1.29 is 0 Å². The summed E-state index contributed by atoms with van der Waals surface area (Å²) < 4.78 is 0. The minimum absolute atomic E-state index is 0. The number of guanidine groups is 1. The van der Waals surface area contributed by atoms with E-state index in [0.717, 1.165) is 37.6 Å². The number of rotatable bonds is 8. The maximum Gasteiger partial charge on any atom is 0.191 e. The molecule has 1 aromatic heterocycles. The van der Waals surface area contributed by atoms with Gasteiger partial charge in [-0.25, -0.2) is 4.99 Å². The van der Waals surface area contributed by atoms with Crippen molar-refractivity contribution in [3.05, 3.63) is 65.5 Å². The van der Waals surface area contributed by atoms with Crippen LogP contribution in [0.25, 0.3) is 0 Å². The van der Waals surface area contributed by atoms with E-state index in [9.17, 15) is 0 Å². The van der Waals surface area contributed by atoms with E-state index >= 15 is 0 Å². The third-order valence-electron chi connectivity index (χ3n) is 3.76. The fraction of sp³-hybridized carbons (Fsp3) is 0.400. The molecule has 0 aliphatic rings. The summed E-state index contributed by atoms with van der Waals surface area (Å²) in [7, 11) is 0. The third-order valence-corrected chi connectivity index (χ3v) is 3.76. The summed E-state index contributed by atoms with van der Waals surface area (Å²) in [5.74, 6) is 0.875. The van der Waals surface area contributed by atoms with Gasteiger partial charge in [0.25, 0.3) is 0 Å². The Morgan fingerprint density at radius 1 is 1.04 bits per heavy atom. The minimum Gasteiger partial charge on any atom is -0.356 e. The lowest BCUT2D eigenvalue weighted by Crippen LogP contribution is -2.39. The predicted molar refractivity (Wildman–Crippen MR) is 117 cm³/mol. The molecule has 0 bridgehead atoms. The van der Waals surface area contributed by atoms with E-state index in [1.165, 1.54) is 17.5 Å². The molecular weight excluding hydrogens is 423 g/mol. The molecule has 5 heteroatoms. The highest BCUT2D eigenvalue weighted by atomic mass is 127. The zero-order chi connectivity index (χ0) is 17.0. The Kier molecular flexibility index (Phi) is 10.9. The van der Waals surface area contributed by atoms with Crippen molar-refractivity contribution in [1.29, 1.82) is 0 Å². The Labute approximate surface area is 168 Å². The number of nitrogens with one attached hydrogen (secondary N) is 2. The average Bonchev–Trinajstić information content (AvgIpc) is 2.61. The van der Waals surface area contributed by atoms with Gasteiger partial charge in [0.1, 0.15) is 0 Å². The lowest BCUT2D eigenvalue weighted by Gasteiger charge is -2.12. The Balaban J connectivity index is 0.00000312. The van der Waals surface area contributed by atoms with Gasteiger partial charge in [0.15, 0.2) is 5.96 Å². The molecule has 0 amide bonds. The summed E-state index contributed by atoms with van der Waals surface area (Å²) in [4.78, 5) is 9.05. The van der Waals surface area contributed by atoms with Gasteiger partial charge < -0.3 is 10.6 Å². The molecule has 4 nitrogen and oxygen atoms in total. The summed E-state index contributed by atoms with van der Waals surface area (Å²) in [6, 6.07) is 14.5. The molecular formula is C20H29IN4. The first-order valence-electron chi connectivity index (χ1n) is 8.75. The van der Waals surface area contributed by atoms with E-state index < -0.39 is 0 Å². The standard InChI is InChI=1S/C20H28N4.HI/c1-3-4-13-22-20(23-15-12-19-7-5-6-14-21-19)24-16-18-10-8-17(2)9-11-18;/h5-11,14H,3-4,12-13,15-16H2,1-2H3,(H2,22,23,24);1H. The largest absolute Gasteiger partial charge is 0.356 e. The highest BCUT2D eigenvalue weighted by molar-refractivity contribution is 14.0. The Morgan fingerprint density at radius 2 is 1.80 bits per heavy atom. The molecule has 0 spiro atoms. The van der Waals surface area contributed by atoms with Crippen molar-refractivity contribution in [3.63, 3.8) is 0 Å². The molecule has 2 rings (SSSR count). The average molecular weight is 452 g/mol. The van der Waals surface area contributed by atoms with E-state index in [4.69, 9.17) is 4.99 Å². The first kappa shape index (κ1) is 21.4. The number of nitrogens with zero attached hydrogens (tertiary/aromatic N) is 2. The number of unbranched alkanes of at least 4 members (excludes halogenated alkanes) is 1.